The van der Waals surface area contributed by atoms with Crippen molar-refractivity contribution in [2.45, 2.75) is 69.2 Å². The fourth-order valence-electron chi connectivity index (χ4n) is 4.79. The van der Waals surface area contributed by atoms with Gasteiger partial charge in [0, 0.05) is 43.9 Å². The van der Waals surface area contributed by atoms with Gasteiger partial charge in [0.15, 0.2) is 0 Å². The average Bonchev–Trinajstić information content (AvgIpc) is 3.34. The number of hydrogen-bond acceptors (Lipinski definition) is 7. The summed E-state index contributed by atoms with van der Waals surface area (Å²) in [6.45, 7) is 1.50. The first-order valence-corrected chi connectivity index (χ1v) is 11.8. The second-order valence-electron chi connectivity index (χ2n) is 9.01. The Hall–Kier alpha value is -3.07. The SMILES string of the molecule is O=C(CCc1nc2ccccc2c(=O)[nH]1)NC1CCC(c2nnc(C3CCOCC3)o2)CC1. The van der Waals surface area contributed by atoms with Crippen LogP contribution in [0.25, 0.3) is 10.9 Å². The van der Waals surface area contributed by atoms with Crippen LogP contribution in [0.4, 0.5) is 0 Å². The third kappa shape index (κ3) is 5.13. The van der Waals surface area contributed by atoms with Gasteiger partial charge in [-0.15, -0.1) is 10.2 Å². The predicted molar refractivity (Wildman–Crippen MR) is 121 cm³/mol. The van der Waals surface area contributed by atoms with Crippen LogP contribution in [0, 0.1) is 0 Å². The number of nitrogens with one attached hydrogen (secondary N) is 2. The fourth-order valence-corrected chi connectivity index (χ4v) is 4.79. The number of aromatic amines is 1. The van der Waals surface area contributed by atoms with Gasteiger partial charge in [-0.1, -0.05) is 12.1 Å². The zero-order chi connectivity index (χ0) is 22.6. The molecule has 1 aliphatic heterocycles. The van der Waals surface area contributed by atoms with Crippen LogP contribution in [0.1, 0.15) is 74.4 Å². The third-order valence-electron chi connectivity index (χ3n) is 6.72. The van der Waals surface area contributed by atoms with Gasteiger partial charge in [0.05, 0.1) is 10.9 Å². The molecule has 0 unspecified atom stereocenters. The van der Waals surface area contributed by atoms with Crippen LogP contribution < -0.4 is 10.9 Å². The zero-order valence-electron chi connectivity index (χ0n) is 18.6. The van der Waals surface area contributed by atoms with Gasteiger partial charge in [-0.3, -0.25) is 9.59 Å². The molecule has 1 saturated heterocycles. The molecule has 0 atom stereocenters. The maximum atomic E-state index is 12.5. The maximum Gasteiger partial charge on any atom is 0.258 e. The largest absolute Gasteiger partial charge is 0.425 e. The Morgan fingerprint density at radius 2 is 1.70 bits per heavy atom. The minimum atomic E-state index is -0.171. The van der Waals surface area contributed by atoms with E-state index < -0.39 is 0 Å². The maximum absolute atomic E-state index is 12.5. The number of carbonyl (C=O) groups excluding carboxylic acids is 1. The number of fused-ring (bicyclic) bond motifs is 1. The summed E-state index contributed by atoms with van der Waals surface area (Å²) in [7, 11) is 0. The Bertz CT molecular complexity index is 1160. The van der Waals surface area contributed by atoms with E-state index in [9.17, 15) is 9.59 Å². The number of carbonyl (C=O) groups is 1. The molecule has 3 heterocycles. The molecule has 0 spiro atoms. The smallest absolute Gasteiger partial charge is 0.258 e. The number of para-hydroxylation sites is 1. The standard InChI is InChI=1S/C24H29N5O4/c30-21(10-9-20-26-19-4-2-1-3-18(19)22(31)27-20)25-17-7-5-15(6-8-17)23-28-29-24(33-23)16-11-13-32-14-12-16/h1-4,15-17H,5-14H2,(H,25,30)(H,26,27,31). The second-order valence-corrected chi connectivity index (χ2v) is 9.01. The van der Waals surface area contributed by atoms with Gasteiger partial charge in [-0.05, 0) is 50.7 Å². The van der Waals surface area contributed by atoms with Crippen molar-refractivity contribution < 1.29 is 13.9 Å². The molecular formula is C24H29N5O4. The lowest BCUT2D eigenvalue weighted by molar-refractivity contribution is -0.122. The highest BCUT2D eigenvalue weighted by molar-refractivity contribution is 5.78. The molecule has 33 heavy (non-hydrogen) atoms. The number of amides is 1. The number of rotatable bonds is 6. The summed E-state index contributed by atoms with van der Waals surface area (Å²) in [5.41, 5.74) is 0.478. The molecule has 5 rings (SSSR count). The predicted octanol–water partition coefficient (Wildman–Crippen LogP) is 2.98. The van der Waals surface area contributed by atoms with Crippen LogP contribution >= 0.6 is 0 Å². The summed E-state index contributed by atoms with van der Waals surface area (Å²) in [6.07, 6.45) is 6.16. The number of ether oxygens (including phenoxy) is 1. The van der Waals surface area contributed by atoms with Crippen LogP contribution in [0.5, 0.6) is 0 Å². The molecule has 2 fully saturated rings. The van der Waals surface area contributed by atoms with Crippen LogP contribution in [-0.4, -0.2) is 45.3 Å². The van der Waals surface area contributed by atoms with E-state index in [4.69, 9.17) is 9.15 Å². The Morgan fingerprint density at radius 3 is 2.45 bits per heavy atom. The molecule has 1 saturated carbocycles. The number of aromatic nitrogens is 4. The molecule has 1 aromatic carbocycles. The van der Waals surface area contributed by atoms with E-state index in [0.29, 0.717) is 35.5 Å². The van der Waals surface area contributed by atoms with E-state index in [2.05, 4.69) is 25.5 Å². The van der Waals surface area contributed by atoms with Gasteiger partial charge in [-0.2, -0.15) is 0 Å². The number of aryl methyl sites for hydroxylation is 1. The van der Waals surface area contributed by atoms with Crippen LogP contribution in [0.2, 0.25) is 0 Å². The Labute approximate surface area is 191 Å². The first kappa shape index (κ1) is 21.8. The van der Waals surface area contributed by atoms with Crippen molar-refractivity contribution in [3.8, 4) is 0 Å². The molecule has 2 aromatic heterocycles. The van der Waals surface area contributed by atoms with Crippen molar-refractivity contribution in [2.24, 2.45) is 0 Å². The zero-order valence-corrected chi connectivity index (χ0v) is 18.6. The van der Waals surface area contributed by atoms with E-state index in [1.165, 1.54) is 0 Å². The fraction of sp³-hybridized carbons (Fsp3) is 0.542. The quantitative estimate of drug-likeness (QED) is 0.590. The van der Waals surface area contributed by atoms with E-state index in [1.807, 2.05) is 18.2 Å². The molecule has 3 aromatic rings. The second kappa shape index (κ2) is 9.82. The molecule has 2 aliphatic rings. The van der Waals surface area contributed by atoms with Crippen molar-refractivity contribution in [3.63, 3.8) is 0 Å². The number of H-pyrrole nitrogens is 1. The lowest BCUT2D eigenvalue weighted by atomic mass is 9.86. The van der Waals surface area contributed by atoms with Crippen molar-refractivity contribution >= 4 is 16.8 Å². The van der Waals surface area contributed by atoms with Crippen molar-refractivity contribution in [1.29, 1.82) is 0 Å². The number of benzene rings is 1. The topological polar surface area (TPSA) is 123 Å². The van der Waals surface area contributed by atoms with Gasteiger partial charge in [0.25, 0.3) is 5.56 Å². The normalized spacial score (nSPS) is 21.8. The van der Waals surface area contributed by atoms with Crippen LogP contribution in [0.3, 0.4) is 0 Å². The minimum Gasteiger partial charge on any atom is -0.425 e. The van der Waals surface area contributed by atoms with E-state index in [0.717, 1.165) is 63.5 Å². The van der Waals surface area contributed by atoms with Crippen molar-refractivity contribution in [3.05, 3.63) is 52.2 Å². The first-order chi connectivity index (χ1) is 16.2. The molecule has 2 N–H and O–H groups in total. The summed E-state index contributed by atoms with van der Waals surface area (Å²) in [4.78, 5) is 31.9. The monoisotopic (exact) mass is 451 g/mol. The summed E-state index contributed by atoms with van der Waals surface area (Å²) in [5.74, 6) is 2.55. The van der Waals surface area contributed by atoms with E-state index in [-0.39, 0.29) is 23.4 Å². The van der Waals surface area contributed by atoms with Gasteiger partial charge >= 0.3 is 0 Å². The Morgan fingerprint density at radius 1 is 1.00 bits per heavy atom. The van der Waals surface area contributed by atoms with E-state index >= 15 is 0 Å². The molecule has 174 valence electrons. The Kier molecular flexibility index (Phi) is 6.48. The highest BCUT2D eigenvalue weighted by Crippen LogP contribution is 2.34. The van der Waals surface area contributed by atoms with Gasteiger partial charge in [0.2, 0.25) is 17.7 Å². The number of nitrogens with zero attached hydrogens (tertiary/aromatic N) is 3. The minimum absolute atomic E-state index is 0.0196. The summed E-state index contributed by atoms with van der Waals surface area (Å²) >= 11 is 0. The first-order valence-electron chi connectivity index (χ1n) is 11.8. The highest BCUT2D eigenvalue weighted by atomic mass is 16.5. The van der Waals surface area contributed by atoms with E-state index in [1.54, 1.807) is 6.07 Å². The average molecular weight is 452 g/mol. The van der Waals surface area contributed by atoms with Crippen LogP contribution in [-0.2, 0) is 16.0 Å². The van der Waals surface area contributed by atoms with Crippen LogP contribution in [0.15, 0.2) is 33.5 Å². The molecule has 1 amide bonds. The van der Waals surface area contributed by atoms with Gasteiger partial charge in [-0.25, -0.2) is 4.98 Å². The molecule has 9 heteroatoms. The number of hydrogen-bond donors (Lipinski definition) is 2. The van der Waals surface area contributed by atoms with Gasteiger partial charge < -0.3 is 19.5 Å². The molecular weight excluding hydrogens is 422 g/mol. The lowest BCUT2D eigenvalue weighted by Gasteiger charge is -2.27. The summed E-state index contributed by atoms with van der Waals surface area (Å²) < 4.78 is 11.4. The molecule has 0 radical (unpaired) electrons. The van der Waals surface area contributed by atoms with Gasteiger partial charge in [0.1, 0.15) is 5.82 Å². The lowest BCUT2D eigenvalue weighted by Crippen LogP contribution is -2.37. The van der Waals surface area contributed by atoms with Crippen molar-refractivity contribution in [1.82, 2.24) is 25.5 Å². The summed E-state index contributed by atoms with van der Waals surface area (Å²) in [6, 6.07) is 7.36. The highest BCUT2D eigenvalue weighted by Gasteiger charge is 2.29. The Balaban J connectivity index is 1.09. The molecule has 0 bridgehead atoms. The molecule has 1 aliphatic carbocycles. The third-order valence-corrected chi connectivity index (χ3v) is 6.72. The van der Waals surface area contributed by atoms with Crippen molar-refractivity contribution in [2.75, 3.05) is 13.2 Å². The molecule has 9 nitrogen and oxygen atoms in total. The summed E-state index contributed by atoms with van der Waals surface area (Å²) in [5, 5.41) is 12.3.